The number of rotatable bonds is 8. The van der Waals surface area contributed by atoms with Crippen LogP contribution >= 0.6 is 0 Å². The first-order valence-corrected chi connectivity index (χ1v) is 14.2. The van der Waals surface area contributed by atoms with Gasteiger partial charge in [-0.2, -0.15) is 4.31 Å². The Morgan fingerprint density at radius 1 is 1.24 bits per heavy atom. The highest BCUT2D eigenvalue weighted by molar-refractivity contribution is 7.89. The van der Waals surface area contributed by atoms with Gasteiger partial charge in [0.05, 0.1) is 12.2 Å². The van der Waals surface area contributed by atoms with Gasteiger partial charge < -0.3 is 14.9 Å². The summed E-state index contributed by atoms with van der Waals surface area (Å²) in [6.45, 7) is 4.63. The van der Waals surface area contributed by atoms with Crippen molar-refractivity contribution >= 4 is 21.6 Å². The van der Waals surface area contributed by atoms with Crippen LogP contribution in [0.4, 0.5) is 0 Å². The summed E-state index contributed by atoms with van der Waals surface area (Å²) in [6, 6.07) is 11.6. The summed E-state index contributed by atoms with van der Waals surface area (Å²) >= 11 is 0. The number of aromatic carboxylic acids is 1. The molecule has 3 atom stereocenters. The maximum Gasteiger partial charge on any atom is 0.335 e. The number of hydrogen-bond acceptors (Lipinski definition) is 6. The molecule has 2 aromatic rings. The molecule has 4 rings (SSSR count). The van der Waals surface area contributed by atoms with Crippen molar-refractivity contribution in [2.45, 2.75) is 56.7 Å². The lowest BCUT2D eigenvalue weighted by Crippen LogP contribution is -2.49. The molecular formula is C28H36N2O6S. The summed E-state index contributed by atoms with van der Waals surface area (Å²) in [5.74, 6) is -0.803. The standard InChI is InChI=1S/C28H36N2O6S/c1-19-15-30(20(2)18-31)37(34,35)27-12-11-23(22-8-4-5-9-22)14-25(27)36-26(19)17-29(3)16-21-7-6-10-24(13-21)28(32)33/h6-8,10-14,19-20,26,31H,4-5,9,15-18H2,1-3H3,(H,32,33)/t19-,20+,26-/m0/s1. The smallest absolute Gasteiger partial charge is 0.335 e. The highest BCUT2D eigenvalue weighted by Crippen LogP contribution is 2.37. The number of benzene rings is 2. The molecule has 0 unspecified atom stereocenters. The minimum atomic E-state index is -3.88. The van der Waals surface area contributed by atoms with Crippen LogP contribution in [0.1, 0.15) is 54.6 Å². The normalized spacial score (nSPS) is 22.5. The van der Waals surface area contributed by atoms with Gasteiger partial charge in [-0.3, -0.25) is 4.90 Å². The number of aliphatic hydroxyl groups excluding tert-OH is 1. The zero-order valence-corrected chi connectivity index (χ0v) is 22.4. The van der Waals surface area contributed by atoms with Crippen LogP contribution in [0.15, 0.2) is 53.4 Å². The third kappa shape index (κ3) is 6.06. The fraction of sp³-hybridized carbons (Fsp3) is 0.464. The number of carboxylic acids is 1. The summed E-state index contributed by atoms with van der Waals surface area (Å²) in [4.78, 5) is 13.5. The molecule has 1 aliphatic carbocycles. The van der Waals surface area contributed by atoms with E-state index in [1.165, 1.54) is 9.88 Å². The first-order valence-electron chi connectivity index (χ1n) is 12.7. The predicted molar refractivity (Wildman–Crippen MR) is 142 cm³/mol. The monoisotopic (exact) mass is 528 g/mol. The van der Waals surface area contributed by atoms with Gasteiger partial charge in [-0.25, -0.2) is 13.2 Å². The number of likely N-dealkylation sites (N-methyl/N-ethyl adjacent to an activating group) is 1. The highest BCUT2D eigenvalue weighted by Gasteiger charge is 2.38. The van der Waals surface area contributed by atoms with Crippen molar-refractivity contribution in [3.05, 3.63) is 65.2 Å². The summed E-state index contributed by atoms with van der Waals surface area (Å²) in [5, 5.41) is 19.2. The molecule has 1 heterocycles. The number of allylic oxidation sites excluding steroid dienone is 2. The van der Waals surface area contributed by atoms with Crippen LogP contribution in [0.25, 0.3) is 5.57 Å². The Bertz CT molecular complexity index is 1280. The fourth-order valence-corrected chi connectivity index (χ4v) is 6.89. The van der Waals surface area contributed by atoms with E-state index < -0.39 is 22.0 Å². The van der Waals surface area contributed by atoms with Crippen molar-refractivity contribution in [1.82, 2.24) is 9.21 Å². The third-order valence-electron chi connectivity index (χ3n) is 7.20. The number of carboxylic acid groups (broad SMARTS) is 1. The Labute approximate surface area is 219 Å². The summed E-state index contributed by atoms with van der Waals surface area (Å²) in [5.41, 5.74) is 3.28. The van der Waals surface area contributed by atoms with E-state index in [2.05, 4.69) is 11.0 Å². The van der Waals surface area contributed by atoms with Crippen LogP contribution in [0.5, 0.6) is 5.75 Å². The number of fused-ring (bicyclic) bond motifs is 1. The van der Waals surface area contributed by atoms with Gasteiger partial charge in [0.25, 0.3) is 0 Å². The Kier molecular flexibility index (Phi) is 8.38. The van der Waals surface area contributed by atoms with Crippen LogP contribution in [0, 0.1) is 5.92 Å². The molecule has 2 aliphatic rings. The zero-order valence-electron chi connectivity index (χ0n) is 21.6. The van der Waals surface area contributed by atoms with E-state index in [1.807, 2.05) is 32.2 Å². The zero-order chi connectivity index (χ0) is 26.7. The van der Waals surface area contributed by atoms with E-state index in [0.717, 1.165) is 30.4 Å². The molecule has 0 aromatic heterocycles. The summed E-state index contributed by atoms with van der Waals surface area (Å²) in [7, 11) is -1.94. The average molecular weight is 529 g/mol. The summed E-state index contributed by atoms with van der Waals surface area (Å²) in [6.07, 6.45) is 4.92. The van der Waals surface area contributed by atoms with E-state index in [0.29, 0.717) is 18.8 Å². The molecule has 0 saturated carbocycles. The minimum absolute atomic E-state index is 0.115. The molecule has 0 amide bonds. The molecule has 9 heteroatoms. The van der Waals surface area contributed by atoms with Gasteiger partial charge in [-0.15, -0.1) is 0 Å². The van der Waals surface area contributed by atoms with E-state index in [4.69, 9.17) is 4.74 Å². The molecule has 0 saturated heterocycles. The number of ether oxygens (including phenoxy) is 1. The maximum absolute atomic E-state index is 13.7. The molecule has 2 N–H and O–H groups in total. The van der Waals surface area contributed by atoms with Crippen molar-refractivity contribution in [1.29, 1.82) is 0 Å². The van der Waals surface area contributed by atoms with Gasteiger partial charge in [0, 0.05) is 31.6 Å². The van der Waals surface area contributed by atoms with Crippen molar-refractivity contribution in [3.8, 4) is 5.75 Å². The van der Waals surface area contributed by atoms with Crippen LogP contribution < -0.4 is 4.74 Å². The quantitative estimate of drug-likeness (QED) is 0.536. The van der Waals surface area contributed by atoms with Crippen LogP contribution in [0.2, 0.25) is 0 Å². The number of carbonyl (C=O) groups is 1. The lowest BCUT2D eigenvalue weighted by molar-refractivity contribution is 0.0693. The molecule has 37 heavy (non-hydrogen) atoms. The van der Waals surface area contributed by atoms with Crippen molar-refractivity contribution in [2.24, 2.45) is 5.92 Å². The predicted octanol–water partition coefficient (Wildman–Crippen LogP) is 3.85. The second kappa shape index (κ2) is 11.3. The second-order valence-electron chi connectivity index (χ2n) is 10.2. The first kappa shape index (κ1) is 27.3. The molecule has 2 aromatic carbocycles. The van der Waals surface area contributed by atoms with Crippen molar-refractivity contribution < 1.29 is 28.2 Å². The Balaban J connectivity index is 1.66. The van der Waals surface area contributed by atoms with Gasteiger partial charge >= 0.3 is 5.97 Å². The van der Waals surface area contributed by atoms with Gasteiger partial charge in [-0.1, -0.05) is 31.2 Å². The fourth-order valence-electron chi connectivity index (χ4n) is 5.06. The van der Waals surface area contributed by atoms with Crippen LogP contribution in [-0.4, -0.2) is 72.7 Å². The number of nitrogens with zero attached hydrogens (tertiary/aromatic N) is 2. The van der Waals surface area contributed by atoms with E-state index >= 15 is 0 Å². The first-order chi connectivity index (χ1) is 17.6. The molecule has 0 spiro atoms. The Morgan fingerprint density at radius 3 is 2.70 bits per heavy atom. The van der Waals surface area contributed by atoms with Gasteiger partial charge in [0.2, 0.25) is 10.0 Å². The largest absolute Gasteiger partial charge is 0.487 e. The molecule has 0 radical (unpaired) electrons. The lowest BCUT2D eigenvalue weighted by Gasteiger charge is -2.37. The lowest BCUT2D eigenvalue weighted by atomic mass is 10.0. The SMILES string of the molecule is C[C@H](CO)N1C[C@H](C)[C@H](CN(C)Cc2cccc(C(=O)O)c2)Oc2cc(C3=CCCC3)ccc2S1(=O)=O. The van der Waals surface area contributed by atoms with Crippen LogP contribution in [-0.2, 0) is 16.6 Å². The van der Waals surface area contributed by atoms with Crippen LogP contribution in [0.3, 0.4) is 0 Å². The number of sulfonamides is 1. The minimum Gasteiger partial charge on any atom is -0.487 e. The highest BCUT2D eigenvalue weighted by atomic mass is 32.2. The van der Waals surface area contributed by atoms with E-state index in [1.54, 1.807) is 31.2 Å². The average Bonchev–Trinajstić information content (AvgIpc) is 3.40. The molecule has 200 valence electrons. The molecule has 8 nitrogen and oxygen atoms in total. The Hall–Kier alpha value is -2.72. The van der Waals surface area contributed by atoms with Crippen molar-refractivity contribution in [3.63, 3.8) is 0 Å². The number of aliphatic hydroxyl groups is 1. The topological polar surface area (TPSA) is 107 Å². The summed E-state index contributed by atoms with van der Waals surface area (Å²) < 4.78 is 35.2. The molecule has 0 bridgehead atoms. The van der Waals surface area contributed by atoms with E-state index in [-0.39, 0.29) is 35.6 Å². The van der Waals surface area contributed by atoms with Gasteiger partial charge in [-0.05, 0) is 74.2 Å². The molecule has 1 aliphatic heterocycles. The second-order valence-corrected chi connectivity index (χ2v) is 12.1. The molecule has 0 fully saturated rings. The third-order valence-corrected chi connectivity index (χ3v) is 9.22. The van der Waals surface area contributed by atoms with Gasteiger partial charge in [0.1, 0.15) is 16.7 Å². The van der Waals surface area contributed by atoms with Gasteiger partial charge in [0.15, 0.2) is 0 Å². The van der Waals surface area contributed by atoms with Crippen molar-refractivity contribution in [2.75, 3.05) is 26.7 Å². The Morgan fingerprint density at radius 2 is 2.03 bits per heavy atom. The maximum atomic E-state index is 13.7. The molecular weight excluding hydrogens is 492 g/mol. The van der Waals surface area contributed by atoms with E-state index in [9.17, 15) is 23.4 Å². The number of hydrogen-bond donors (Lipinski definition) is 2.